The first-order valence-electron chi connectivity index (χ1n) is 10.8. The second-order valence-corrected chi connectivity index (χ2v) is 8.54. The summed E-state index contributed by atoms with van der Waals surface area (Å²) in [6.07, 6.45) is 2.48. The summed E-state index contributed by atoms with van der Waals surface area (Å²) in [5, 5.41) is 13.8. The van der Waals surface area contributed by atoms with Crippen LogP contribution in [0.1, 0.15) is 57.7 Å². The molecule has 7 heteroatoms. The number of carbonyl (C=O) groups is 3. The van der Waals surface area contributed by atoms with Crippen molar-refractivity contribution in [3.05, 3.63) is 95.3 Å². The highest BCUT2D eigenvalue weighted by Gasteiger charge is 2.53. The SMILES string of the molecule is O=C(c1ccccc1)c1ccc(NC(=O)C2(O)CCC3(CC2)OC(=O)c2cccnc23)cc1. The molecule has 1 aromatic heterocycles. The molecule has 0 saturated heterocycles. The highest BCUT2D eigenvalue weighted by Crippen LogP contribution is 2.48. The van der Waals surface area contributed by atoms with E-state index < -0.39 is 23.1 Å². The number of nitrogens with one attached hydrogen (secondary N) is 1. The van der Waals surface area contributed by atoms with Crippen molar-refractivity contribution in [2.75, 3.05) is 5.32 Å². The minimum Gasteiger partial charge on any atom is -0.449 e. The Labute approximate surface area is 190 Å². The molecule has 3 aromatic rings. The number of rotatable bonds is 4. The third kappa shape index (κ3) is 3.70. The number of esters is 1. The van der Waals surface area contributed by atoms with Crippen LogP contribution in [0.25, 0.3) is 0 Å². The molecule has 1 aliphatic heterocycles. The maximum Gasteiger partial charge on any atom is 0.341 e. The molecule has 0 atom stereocenters. The summed E-state index contributed by atoms with van der Waals surface area (Å²) in [5.41, 5.74) is 0.120. The fourth-order valence-electron chi connectivity index (χ4n) is 4.56. The molecular formula is C26H22N2O5. The molecule has 0 unspecified atom stereocenters. The van der Waals surface area contributed by atoms with Crippen LogP contribution in [0, 0.1) is 0 Å². The van der Waals surface area contributed by atoms with E-state index in [2.05, 4.69) is 10.3 Å². The van der Waals surface area contributed by atoms with Gasteiger partial charge in [0.2, 0.25) is 0 Å². The van der Waals surface area contributed by atoms with E-state index in [1.807, 2.05) is 6.07 Å². The molecule has 2 aromatic carbocycles. The van der Waals surface area contributed by atoms with E-state index in [4.69, 9.17) is 4.74 Å². The summed E-state index contributed by atoms with van der Waals surface area (Å²) >= 11 is 0. The van der Waals surface area contributed by atoms with Crippen LogP contribution in [-0.2, 0) is 15.1 Å². The molecule has 0 radical (unpaired) electrons. The van der Waals surface area contributed by atoms with Crippen molar-refractivity contribution in [2.24, 2.45) is 0 Å². The fourth-order valence-corrected chi connectivity index (χ4v) is 4.56. The Morgan fingerprint density at radius 3 is 2.24 bits per heavy atom. The van der Waals surface area contributed by atoms with Gasteiger partial charge in [-0.2, -0.15) is 0 Å². The van der Waals surface area contributed by atoms with Crippen LogP contribution in [0.2, 0.25) is 0 Å². The van der Waals surface area contributed by atoms with Gasteiger partial charge in [-0.05, 0) is 62.1 Å². The largest absolute Gasteiger partial charge is 0.449 e. The molecule has 2 heterocycles. The van der Waals surface area contributed by atoms with Crippen molar-refractivity contribution in [1.29, 1.82) is 0 Å². The summed E-state index contributed by atoms with van der Waals surface area (Å²) in [4.78, 5) is 42.0. The molecule has 1 spiro atoms. The van der Waals surface area contributed by atoms with Gasteiger partial charge in [0.15, 0.2) is 11.4 Å². The highest BCUT2D eigenvalue weighted by atomic mass is 16.6. The van der Waals surface area contributed by atoms with Crippen LogP contribution in [0.5, 0.6) is 0 Å². The number of hydrogen-bond donors (Lipinski definition) is 2. The van der Waals surface area contributed by atoms with E-state index in [1.165, 1.54) is 0 Å². The summed E-state index contributed by atoms with van der Waals surface area (Å²) in [7, 11) is 0. The predicted molar refractivity (Wildman–Crippen MR) is 120 cm³/mol. The van der Waals surface area contributed by atoms with Crippen LogP contribution in [0.4, 0.5) is 5.69 Å². The first-order chi connectivity index (χ1) is 15.9. The molecule has 1 saturated carbocycles. The van der Waals surface area contributed by atoms with Gasteiger partial charge in [0.1, 0.15) is 5.60 Å². The van der Waals surface area contributed by atoms with Crippen molar-refractivity contribution in [2.45, 2.75) is 36.9 Å². The highest BCUT2D eigenvalue weighted by molar-refractivity contribution is 6.09. The van der Waals surface area contributed by atoms with Crippen molar-refractivity contribution in [1.82, 2.24) is 4.98 Å². The average Bonchev–Trinajstić information content (AvgIpc) is 3.13. The van der Waals surface area contributed by atoms with Crippen molar-refractivity contribution in [3.8, 4) is 0 Å². The molecule has 1 fully saturated rings. The number of ether oxygens (including phenoxy) is 1. The van der Waals surface area contributed by atoms with Crippen LogP contribution in [0.15, 0.2) is 72.9 Å². The summed E-state index contributed by atoms with van der Waals surface area (Å²) in [6, 6.07) is 18.9. The quantitative estimate of drug-likeness (QED) is 0.472. The van der Waals surface area contributed by atoms with Gasteiger partial charge >= 0.3 is 5.97 Å². The number of carbonyl (C=O) groups excluding carboxylic acids is 3. The van der Waals surface area contributed by atoms with Crippen LogP contribution in [-0.4, -0.2) is 33.4 Å². The third-order valence-electron chi connectivity index (χ3n) is 6.50. The number of hydrogen-bond acceptors (Lipinski definition) is 6. The number of aliphatic hydroxyl groups is 1. The van der Waals surface area contributed by atoms with E-state index in [-0.39, 0.29) is 18.6 Å². The van der Waals surface area contributed by atoms with Crippen LogP contribution in [0.3, 0.4) is 0 Å². The molecular weight excluding hydrogens is 420 g/mol. The Morgan fingerprint density at radius 2 is 1.55 bits per heavy atom. The number of amides is 1. The molecule has 1 aliphatic carbocycles. The number of nitrogens with zero attached hydrogens (tertiary/aromatic N) is 1. The second kappa shape index (κ2) is 7.94. The molecule has 5 rings (SSSR count). The van der Waals surface area contributed by atoms with E-state index >= 15 is 0 Å². The Morgan fingerprint density at radius 1 is 0.879 bits per heavy atom. The Bertz CT molecular complexity index is 1230. The topological polar surface area (TPSA) is 106 Å². The van der Waals surface area contributed by atoms with Crippen molar-refractivity contribution < 1.29 is 24.2 Å². The summed E-state index contributed by atoms with van der Waals surface area (Å²) in [6.45, 7) is 0. The predicted octanol–water partition coefficient (Wildman–Crippen LogP) is 3.62. The molecule has 166 valence electrons. The Hall–Kier alpha value is -3.84. The normalized spacial score (nSPS) is 23.6. The van der Waals surface area contributed by atoms with Crippen molar-refractivity contribution in [3.63, 3.8) is 0 Å². The van der Waals surface area contributed by atoms with Gasteiger partial charge in [-0.15, -0.1) is 0 Å². The van der Waals surface area contributed by atoms with E-state index in [1.54, 1.807) is 66.9 Å². The standard InChI is InChI=1S/C26H22N2O5/c29-21(17-5-2-1-3-6-17)18-8-10-19(11-9-18)28-24(31)25(32)12-14-26(15-13-25)22-20(23(30)33-26)7-4-16-27-22/h1-11,16,32H,12-15H2,(H,28,31). The van der Waals surface area contributed by atoms with Gasteiger partial charge < -0.3 is 15.2 Å². The van der Waals surface area contributed by atoms with Gasteiger partial charge in [-0.25, -0.2) is 4.79 Å². The third-order valence-corrected chi connectivity index (χ3v) is 6.50. The van der Waals surface area contributed by atoms with Crippen LogP contribution >= 0.6 is 0 Å². The average molecular weight is 442 g/mol. The Balaban J connectivity index is 1.26. The zero-order valence-corrected chi connectivity index (χ0v) is 17.8. The van der Waals surface area contributed by atoms with Crippen molar-refractivity contribution >= 4 is 23.3 Å². The monoisotopic (exact) mass is 442 g/mol. The van der Waals surface area contributed by atoms with Gasteiger partial charge in [-0.3, -0.25) is 14.6 Å². The number of pyridine rings is 1. The van der Waals surface area contributed by atoms with Gasteiger partial charge in [0.05, 0.1) is 11.3 Å². The fraction of sp³-hybridized carbons (Fsp3) is 0.231. The molecule has 2 aliphatic rings. The summed E-state index contributed by atoms with van der Waals surface area (Å²) < 4.78 is 5.65. The van der Waals surface area contributed by atoms with Crippen LogP contribution < -0.4 is 5.32 Å². The Kier molecular flexibility index (Phi) is 5.06. The maximum absolute atomic E-state index is 12.9. The van der Waals surface area contributed by atoms with E-state index in [9.17, 15) is 19.5 Å². The van der Waals surface area contributed by atoms with E-state index in [0.29, 0.717) is 40.9 Å². The lowest BCUT2D eigenvalue weighted by Crippen LogP contribution is -2.49. The first-order valence-corrected chi connectivity index (χ1v) is 10.8. The lowest BCUT2D eigenvalue weighted by atomic mass is 9.74. The zero-order valence-electron chi connectivity index (χ0n) is 17.8. The molecule has 33 heavy (non-hydrogen) atoms. The number of ketones is 1. The number of fused-ring (bicyclic) bond motifs is 2. The lowest BCUT2D eigenvalue weighted by Gasteiger charge is -2.39. The number of anilines is 1. The minimum atomic E-state index is -1.59. The molecule has 1 amide bonds. The zero-order chi connectivity index (χ0) is 23.1. The molecule has 2 N–H and O–H groups in total. The first kappa shape index (κ1) is 21.0. The minimum absolute atomic E-state index is 0.107. The maximum atomic E-state index is 12.9. The lowest BCUT2D eigenvalue weighted by molar-refractivity contribution is -0.144. The van der Waals surface area contributed by atoms with Gasteiger partial charge in [0.25, 0.3) is 5.91 Å². The second-order valence-electron chi connectivity index (χ2n) is 8.54. The smallest absolute Gasteiger partial charge is 0.341 e. The number of aromatic nitrogens is 1. The number of benzene rings is 2. The van der Waals surface area contributed by atoms with Gasteiger partial charge in [-0.1, -0.05) is 30.3 Å². The summed E-state index contributed by atoms with van der Waals surface area (Å²) in [5.74, 6) is -1.05. The van der Waals surface area contributed by atoms with Gasteiger partial charge in [0, 0.05) is 23.0 Å². The van der Waals surface area contributed by atoms with E-state index in [0.717, 1.165) is 0 Å². The molecule has 7 nitrogen and oxygen atoms in total. The molecule has 0 bridgehead atoms.